The Morgan fingerprint density at radius 2 is 1.96 bits per heavy atom. The van der Waals surface area contributed by atoms with Crippen LogP contribution in [-0.4, -0.2) is 5.78 Å². The minimum atomic E-state index is 0.286. The van der Waals surface area contributed by atoms with Gasteiger partial charge in [0, 0.05) is 12.8 Å². The van der Waals surface area contributed by atoms with Gasteiger partial charge < -0.3 is 0 Å². The molecule has 0 aromatic rings. The molecule has 136 valence electrons. The molecule has 4 rings (SSSR count). The van der Waals surface area contributed by atoms with Crippen molar-refractivity contribution in [2.45, 2.75) is 78.6 Å². The lowest BCUT2D eigenvalue weighted by molar-refractivity contribution is -0.117. The van der Waals surface area contributed by atoms with E-state index in [0.29, 0.717) is 23.5 Å². The zero-order valence-electron chi connectivity index (χ0n) is 16.2. The van der Waals surface area contributed by atoms with E-state index in [1.54, 1.807) is 0 Å². The van der Waals surface area contributed by atoms with E-state index >= 15 is 0 Å². The quantitative estimate of drug-likeness (QED) is 0.649. The van der Waals surface area contributed by atoms with E-state index in [1.807, 2.05) is 6.08 Å². The third-order valence-corrected chi connectivity index (χ3v) is 9.14. The summed E-state index contributed by atoms with van der Waals surface area (Å²) in [4.78, 5) is 11.9. The Bertz CT molecular complexity index is 643. The number of fused-ring (bicyclic) bond motifs is 5. The molecule has 0 aromatic carbocycles. The van der Waals surface area contributed by atoms with Crippen molar-refractivity contribution in [3.63, 3.8) is 0 Å². The molecule has 0 saturated heterocycles. The van der Waals surface area contributed by atoms with Gasteiger partial charge in [-0.15, -0.1) is 0 Å². The normalized spacial score (nSPS) is 47.1. The molecule has 0 spiro atoms. The first-order valence-corrected chi connectivity index (χ1v) is 10.5. The first-order valence-electron chi connectivity index (χ1n) is 10.5. The molecular formula is C23H33NO. The highest BCUT2D eigenvalue weighted by Crippen LogP contribution is 2.67. The van der Waals surface area contributed by atoms with E-state index in [2.05, 4.69) is 26.8 Å². The molecule has 0 aliphatic heterocycles. The van der Waals surface area contributed by atoms with Gasteiger partial charge >= 0.3 is 0 Å². The van der Waals surface area contributed by atoms with E-state index in [9.17, 15) is 4.79 Å². The predicted octanol–water partition coefficient (Wildman–Crippen LogP) is 5.68. The van der Waals surface area contributed by atoms with Gasteiger partial charge in [-0.25, -0.2) is 0 Å². The van der Waals surface area contributed by atoms with E-state index in [0.717, 1.165) is 42.9 Å². The molecule has 0 N–H and O–H groups in total. The van der Waals surface area contributed by atoms with Crippen LogP contribution in [0.5, 0.6) is 0 Å². The molecule has 2 nitrogen and oxygen atoms in total. The summed E-state index contributed by atoms with van der Waals surface area (Å²) in [6.45, 7) is 7.33. The maximum Gasteiger partial charge on any atom is 0.155 e. The lowest BCUT2D eigenvalue weighted by Crippen LogP contribution is -2.50. The SMILES string of the molecule is C[C@H](CC#N)[C@H]1CC[C@H]2[C@@H]3CCC4=CC(=O)CC[C@]4(C)[C@H]3CC[C@]12C. The molecule has 0 radical (unpaired) electrons. The van der Waals surface area contributed by atoms with E-state index < -0.39 is 0 Å². The van der Waals surface area contributed by atoms with Gasteiger partial charge in [-0.1, -0.05) is 26.3 Å². The van der Waals surface area contributed by atoms with Crippen LogP contribution >= 0.6 is 0 Å². The third kappa shape index (κ3) is 2.45. The lowest BCUT2D eigenvalue weighted by Gasteiger charge is -2.58. The molecule has 4 aliphatic rings. The van der Waals surface area contributed by atoms with Gasteiger partial charge in [0.2, 0.25) is 0 Å². The summed E-state index contributed by atoms with van der Waals surface area (Å²) in [6, 6.07) is 2.42. The Labute approximate surface area is 153 Å². The molecule has 0 heterocycles. The second-order valence-electron chi connectivity index (χ2n) is 10.0. The number of carbonyl (C=O) groups excluding carboxylic acids is 1. The van der Waals surface area contributed by atoms with Crippen LogP contribution in [0.25, 0.3) is 0 Å². The number of hydrogen-bond acceptors (Lipinski definition) is 2. The van der Waals surface area contributed by atoms with Crippen LogP contribution in [0.15, 0.2) is 11.6 Å². The minimum absolute atomic E-state index is 0.286. The fraction of sp³-hybridized carbons (Fsp3) is 0.826. The maximum atomic E-state index is 11.9. The fourth-order valence-electron chi connectivity index (χ4n) is 7.82. The number of nitrogens with zero attached hydrogens (tertiary/aromatic N) is 1. The van der Waals surface area contributed by atoms with Crippen LogP contribution < -0.4 is 0 Å². The van der Waals surface area contributed by atoms with Crippen molar-refractivity contribution in [2.75, 3.05) is 0 Å². The largest absolute Gasteiger partial charge is 0.295 e. The van der Waals surface area contributed by atoms with Crippen LogP contribution in [0.2, 0.25) is 0 Å². The Hall–Kier alpha value is -1.10. The van der Waals surface area contributed by atoms with Gasteiger partial charge in [0.05, 0.1) is 6.07 Å². The summed E-state index contributed by atoms with van der Waals surface area (Å²) in [7, 11) is 0. The standard InChI is InChI=1S/C23H33NO/c1-15(10-13-24)19-6-7-20-18-5-4-16-14-17(25)8-11-22(16,2)21(18)9-12-23(19,20)3/h14-15,18-21H,4-12H2,1-3H3/t15-,18+,19-,20+,21+,22+,23-/m1/s1. The smallest absolute Gasteiger partial charge is 0.155 e. The summed E-state index contributed by atoms with van der Waals surface area (Å²) in [5.74, 6) is 4.09. The first kappa shape index (κ1) is 17.3. The van der Waals surface area contributed by atoms with E-state index in [-0.39, 0.29) is 5.41 Å². The number of rotatable bonds is 2. The van der Waals surface area contributed by atoms with Crippen molar-refractivity contribution in [3.05, 3.63) is 11.6 Å². The second-order valence-corrected chi connectivity index (χ2v) is 10.0. The average molecular weight is 340 g/mol. The number of nitriles is 1. The summed E-state index contributed by atoms with van der Waals surface area (Å²) >= 11 is 0. The first-order chi connectivity index (χ1) is 11.9. The Balaban J connectivity index is 1.62. The van der Waals surface area contributed by atoms with Crippen LogP contribution in [0.4, 0.5) is 0 Å². The Kier molecular flexibility index (Phi) is 4.13. The molecule has 3 saturated carbocycles. The van der Waals surface area contributed by atoms with E-state index in [4.69, 9.17) is 5.26 Å². The summed E-state index contributed by atoms with van der Waals surface area (Å²) in [5.41, 5.74) is 2.20. The van der Waals surface area contributed by atoms with Crippen molar-refractivity contribution in [1.82, 2.24) is 0 Å². The van der Waals surface area contributed by atoms with Gasteiger partial charge in [0.25, 0.3) is 0 Å². The van der Waals surface area contributed by atoms with Crippen molar-refractivity contribution in [1.29, 1.82) is 5.26 Å². The predicted molar refractivity (Wildman–Crippen MR) is 99.6 cm³/mol. The number of allylic oxidation sites excluding steroid dienone is 1. The molecule has 25 heavy (non-hydrogen) atoms. The summed E-state index contributed by atoms with van der Waals surface area (Å²) in [6.07, 6.45) is 12.4. The van der Waals surface area contributed by atoms with Gasteiger partial charge in [-0.05, 0) is 91.4 Å². The monoisotopic (exact) mass is 339 g/mol. The molecule has 0 amide bonds. The maximum absolute atomic E-state index is 11.9. The molecule has 0 unspecified atom stereocenters. The average Bonchev–Trinajstić information content (AvgIpc) is 2.93. The van der Waals surface area contributed by atoms with Crippen molar-refractivity contribution in [3.8, 4) is 6.07 Å². The van der Waals surface area contributed by atoms with Crippen molar-refractivity contribution in [2.24, 2.45) is 40.4 Å². The second kappa shape index (κ2) is 5.97. The molecule has 2 heteroatoms. The number of hydrogen-bond donors (Lipinski definition) is 0. The van der Waals surface area contributed by atoms with Crippen molar-refractivity contribution < 1.29 is 4.79 Å². The molecule has 0 bridgehead atoms. The minimum Gasteiger partial charge on any atom is -0.295 e. The molecule has 7 atom stereocenters. The van der Waals surface area contributed by atoms with Crippen LogP contribution in [0.1, 0.15) is 78.6 Å². The molecule has 3 fully saturated rings. The highest BCUT2D eigenvalue weighted by atomic mass is 16.1. The lowest BCUT2D eigenvalue weighted by atomic mass is 9.46. The highest BCUT2D eigenvalue weighted by molar-refractivity contribution is 5.91. The highest BCUT2D eigenvalue weighted by Gasteiger charge is 2.59. The summed E-state index contributed by atoms with van der Waals surface area (Å²) in [5, 5.41) is 9.17. The van der Waals surface area contributed by atoms with Gasteiger partial charge in [0.15, 0.2) is 5.78 Å². The Morgan fingerprint density at radius 3 is 2.72 bits per heavy atom. The van der Waals surface area contributed by atoms with Gasteiger partial charge in [-0.2, -0.15) is 5.26 Å². The zero-order chi connectivity index (χ0) is 17.8. The number of carbonyl (C=O) groups is 1. The molecule has 4 aliphatic carbocycles. The Morgan fingerprint density at radius 1 is 1.16 bits per heavy atom. The number of ketones is 1. The van der Waals surface area contributed by atoms with Gasteiger partial charge in [0.1, 0.15) is 0 Å². The molecule has 0 aromatic heterocycles. The zero-order valence-corrected chi connectivity index (χ0v) is 16.2. The van der Waals surface area contributed by atoms with Crippen LogP contribution in [0.3, 0.4) is 0 Å². The van der Waals surface area contributed by atoms with Crippen molar-refractivity contribution >= 4 is 5.78 Å². The summed E-state index contributed by atoms with van der Waals surface area (Å²) < 4.78 is 0. The molecular weight excluding hydrogens is 306 g/mol. The van der Waals surface area contributed by atoms with E-state index in [1.165, 1.54) is 37.7 Å². The fourth-order valence-corrected chi connectivity index (χ4v) is 7.82. The third-order valence-electron chi connectivity index (χ3n) is 9.14. The van der Waals surface area contributed by atoms with Crippen LogP contribution in [-0.2, 0) is 4.79 Å². The van der Waals surface area contributed by atoms with Crippen LogP contribution in [0, 0.1) is 51.8 Å². The topological polar surface area (TPSA) is 40.9 Å². The van der Waals surface area contributed by atoms with Gasteiger partial charge in [-0.3, -0.25) is 4.79 Å².